The van der Waals surface area contributed by atoms with E-state index in [9.17, 15) is 8.42 Å². The van der Waals surface area contributed by atoms with Crippen molar-refractivity contribution in [3.8, 4) is 0 Å². The highest BCUT2D eigenvalue weighted by molar-refractivity contribution is 7.93. The van der Waals surface area contributed by atoms with Gasteiger partial charge in [-0.25, -0.2) is 8.42 Å². The van der Waals surface area contributed by atoms with Gasteiger partial charge in [0.2, 0.25) is 0 Å². The second-order valence-electron chi connectivity index (χ2n) is 8.93. The third-order valence-electron chi connectivity index (χ3n) is 6.83. The molecule has 0 amide bonds. The SMILES string of the molecule is Cl.O=S1(=O)c2cccc3cccc(c23)N1CCCCCCN1CCN(c2ccc(Cl)cc2)CC1. The van der Waals surface area contributed by atoms with Crippen molar-refractivity contribution < 1.29 is 8.42 Å². The monoisotopic (exact) mass is 519 g/mol. The van der Waals surface area contributed by atoms with E-state index in [2.05, 4.69) is 21.9 Å². The summed E-state index contributed by atoms with van der Waals surface area (Å²) in [5, 5.41) is 2.64. The molecule has 1 saturated heterocycles. The number of sulfonamides is 1. The number of piperazine rings is 1. The van der Waals surface area contributed by atoms with Crippen LogP contribution in [0.15, 0.2) is 65.6 Å². The van der Waals surface area contributed by atoms with Gasteiger partial charge in [-0.2, -0.15) is 0 Å². The first kappa shape index (κ1) is 25.1. The van der Waals surface area contributed by atoms with Crippen LogP contribution in [0.2, 0.25) is 5.02 Å². The number of nitrogens with zero attached hydrogens (tertiary/aromatic N) is 3. The largest absolute Gasteiger partial charge is 0.369 e. The Morgan fingerprint density at radius 2 is 1.41 bits per heavy atom. The lowest BCUT2D eigenvalue weighted by atomic mass is 10.1. The maximum atomic E-state index is 13.0. The Morgan fingerprint density at radius 3 is 2.12 bits per heavy atom. The topological polar surface area (TPSA) is 43.9 Å². The van der Waals surface area contributed by atoms with Gasteiger partial charge in [0, 0.05) is 48.8 Å². The molecule has 0 bridgehead atoms. The van der Waals surface area contributed by atoms with Crippen LogP contribution in [-0.4, -0.2) is 52.6 Å². The summed E-state index contributed by atoms with van der Waals surface area (Å²) in [7, 11) is -3.43. The van der Waals surface area contributed by atoms with Crippen molar-refractivity contribution in [3.05, 3.63) is 65.7 Å². The van der Waals surface area contributed by atoms with Gasteiger partial charge in [0.1, 0.15) is 0 Å². The number of benzene rings is 3. The van der Waals surface area contributed by atoms with E-state index in [0.717, 1.165) is 79.9 Å². The molecule has 0 atom stereocenters. The molecule has 2 aliphatic rings. The molecule has 34 heavy (non-hydrogen) atoms. The van der Waals surface area contributed by atoms with Gasteiger partial charge in [0.15, 0.2) is 0 Å². The molecule has 182 valence electrons. The third-order valence-corrected chi connectivity index (χ3v) is 8.94. The van der Waals surface area contributed by atoms with E-state index >= 15 is 0 Å². The second-order valence-corrected chi connectivity index (χ2v) is 11.2. The minimum absolute atomic E-state index is 0. The van der Waals surface area contributed by atoms with Crippen LogP contribution in [0, 0.1) is 0 Å². The van der Waals surface area contributed by atoms with Crippen LogP contribution in [0.5, 0.6) is 0 Å². The highest BCUT2D eigenvalue weighted by Gasteiger charge is 2.34. The van der Waals surface area contributed by atoms with Crippen LogP contribution in [0.25, 0.3) is 10.8 Å². The minimum atomic E-state index is -3.43. The summed E-state index contributed by atoms with van der Waals surface area (Å²) in [6.45, 7) is 5.91. The lowest BCUT2D eigenvalue weighted by Crippen LogP contribution is -2.46. The predicted octanol–water partition coefficient (Wildman–Crippen LogP) is 5.81. The first-order chi connectivity index (χ1) is 16.0. The first-order valence-electron chi connectivity index (χ1n) is 11.8. The van der Waals surface area contributed by atoms with Crippen molar-refractivity contribution in [2.24, 2.45) is 0 Å². The van der Waals surface area contributed by atoms with Crippen LogP contribution in [0.4, 0.5) is 11.4 Å². The number of halogens is 2. The van der Waals surface area contributed by atoms with Gasteiger partial charge < -0.3 is 4.90 Å². The molecule has 2 aliphatic heterocycles. The zero-order valence-electron chi connectivity index (χ0n) is 19.2. The molecular formula is C26H31Cl2N3O2S. The average Bonchev–Trinajstić information content (AvgIpc) is 3.05. The number of rotatable bonds is 8. The van der Waals surface area contributed by atoms with E-state index < -0.39 is 10.0 Å². The molecule has 0 saturated carbocycles. The van der Waals surface area contributed by atoms with Crippen LogP contribution in [0.1, 0.15) is 25.7 Å². The van der Waals surface area contributed by atoms with Gasteiger partial charge >= 0.3 is 0 Å². The molecule has 1 fully saturated rings. The van der Waals surface area contributed by atoms with Gasteiger partial charge in [-0.15, -0.1) is 12.4 Å². The van der Waals surface area contributed by atoms with E-state index in [1.54, 1.807) is 10.4 Å². The Balaban J connectivity index is 0.00000274. The third kappa shape index (κ3) is 5.01. The summed E-state index contributed by atoms with van der Waals surface area (Å²) >= 11 is 6.00. The number of anilines is 2. The van der Waals surface area contributed by atoms with Crippen molar-refractivity contribution in [2.45, 2.75) is 30.6 Å². The molecule has 0 N–H and O–H groups in total. The molecule has 5 nitrogen and oxygen atoms in total. The van der Waals surface area contributed by atoms with Crippen molar-refractivity contribution >= 4 is 56.2 Å². The second kappa shape index (κ2) is 10.7. The van der Waals surface area contributed by atoms with Gasteiger partial charge in [-0.1, -0.05) is 48.7 Å². The zero-order chi connectivity index (χ0) is 22.8. The summed E-state index contributed by atoms with van der Waals surface area (Å²) in [6, 6.07) is 19.5. The standard InChI is InChI=1S/C26H30ClN3O2S.ClH/c27-22-11-13-23(14-12-22)29-19-17-28(18-20-29)15-3-1-2-4-16-30-24-9-5-7-21-8-6-10-25(26(21)24)33(30,31)32;/h5-14H,1-4,15-20H2;1H. The first-order valence-corrected chi connectivity index (χ1v) is 13.6. The van der Waals surface area contributed by atoms with Gasteiger partial charge in [-0.05, 0) is 61.2 Å². The van der Waals surface area contributed by atoms with Gasteiger partial charge in [-0.3, -0.25) is 9.21 Å². The molecule has 0 aliphatic carbocycles. The Kier molecular flexibility index (Phi) is 7.93. The fraction of sp³-hybridized carbons (Fsp3) is 0.385. The van der Waals surface area contributed by atoms with Crippen LogP contribution in [-0.2, 0) is 10.0 Å². The normalized spacial score (nSPS) is 17.2. The molecule has 0 radical (unpaired) electrons. The Hall–Kier alpha value is -1.99. The predicted molar refractivity (Wildman–Crippen MR) is 144 cm³/mol. The molecule has 5 rings (SSSR count). The van der Waals surface area contributed by atoms with Crippen molar-refractivity contribution in [3.63, 3.8) is 0 Å². The molecule has 0 unspecified atom stereocenters. The minimum Gasteiger partial charge on any atom is -0.369 e. The highest BCUT2D eigenvalue weighted by Crippen LogP contribution is 2.42. The summed E-state index contributed by atoms with van der Waals surface area (Å²) < 4.78 is 27.7. The fourth-order valence-electron chi connectivity index (χ4n) is 5.02. The molecular weight excluding hydrogens is 489 g/mol. The van der Waals surface area contributed by atoms with E-state index in [1.165, 1.54) is 5.69 Å². The van der Waals surface area contributed by atoms with E-state index in [1.807, 2.05) is 42.5 Å². The summed E-state index contributed by atoms with van der Waals surface area (Å²) in [4.78, 5) is 5.41. The van der Waals surface area contributed by atoms with Crippen LogP contribution >= 0.6 is 24.0 Å². The zero-order valence-corrected chi connectivity index (χ0v) is 21.6. The van der Waals surface area contributed by atoms with Crippen molar-refractivity contribution in [1.29, 1.82) is 0 Å². The molecule has 3 aromatic rings. The molecule has 3 aromatic carbocycles. The van der Waals surface area contributed by atoms with E-state index in [4.69, 9.17) is 11.6 Å². The summed E-state index contributed by atoms with van der Waals surface area (Å²) in [6.07, 6.45) is 4.21. The Bertz CT molecular complexity index is 1220. The van der Waals surface area contributed by atoms with Crippen LogP contribution < -0.4 is 9.21 Å². The number of hydrogen-bond donors (Lipinski definition) is 0. The quantitative estimate of drug-likeness (QED) is 0.352. The average molecular weight is 521 g/mol. The van der Waals surface area contributed by atoms with Crippen molar-refractivity contribution in [2.75, 3.05) is 48.5 Å². The molecule has 8 heteroatoms. The van der Waals surface area contributed by atoms with Gasteiger partial charge in [0.05, 0.1) is 10.6 Å². The molecule has 0 aromatic heterocycles. The fourth-order valence-corrected chi connectivity index (χ4v) is 6.90. The van der Waals surface area contributed by atoms with Gasteiger partial charge in [0.25, 0.3) is 10.0 Å². The van der Waals surface area contributed by atoms with E-state index in [0.29, 0.717) is 11.4 Å². The van der Waals surface area contributed by atoms with E-state index in [-0.39, 0.29) is 12.4 Å². The van der Waals surface area contributed by atoms with Crippen molar-refractivity contribution in [1.82, 2.24) is 4.90 Å². The lowest BCUT2D eigenvalue weighted by molar-refractivity contribution is 0.252. The Morgan fingerprint density at radius 1 is 0.765 bits per heavy atom. The highest BCUT2D eigenvalue weighted by atomic mass is 35.5. The van der Waals surface area contributed by atoms with Crippen LogP contribution in [0.3, 0.4) is 0 Å². The molecule has 2 heterocycles. The number of hydrogen-bond acceptors (Lipinski definition) is 4. The molecule has 0 spiro atoms. The number of unbranched alkanes of at least 4 members (excludes halogenated alkanes) is 3. The summed E-state index contributed by atoms with van der Waals surface area (Å²) in [5.41, 5.74) is 2.08. The Labute approximate surface area is 213 Å². The lowest BCUT2D eigenvalue weighted by Gasteiger charge is -2.36. The summed E-state index contributed by atoms with van der Waals surface area (Å²) in [5.74, 6) is 0. The maximum absolute atomic E-state index is 13.0. The maximum Gasteiger partial charge on any atom is 0.265 e. The smallest absolute Gasteiger partial charge is 0.265 e.